The van der Waals surface area contributed by atoms with Gasteiger partial charge in [0.2, 0.25) is 5.88 Å². The quantitative estimate of drug-likeness (QED) is 0.634. The standard InChI is InChI=1S/C15H12ClN3O4/c16-11-3-6-14(17-7-11)23-13-8-18(9-13)15(20)10-1-4-12(5-2-10)19(21)22/h1-7,13H,8-9H2. The van der Waals surface area contributed by atoms with Crippen LogP contribution >= 0.6 is 11.6 Å². The Kier molecular flexibility index (Phi) is 4.12. The van der Waals surface area contributed by atoms with Crippen molar-refractivity contribution in [3.8, 4) is 5.88 Å². The Morgan fingerprint density at radius 2 is 1.96 bits per heavy atom. The van der Waals surface area contributed by atoms with Crippen molar-refractivity contribution in [3.63, 3.8) is 0 Å². The zero-order chi connectivity index (χ0) is 16.4. The Labute approximate surface area is 136 Å². The predicted molar refractivity (Wildman–Crippen MR) is 82.7 cm³/mol. The molecule has 0 unspecified atom stereocenters. The first-order valence-corrected chi connectivity index (χ1v) is 7.22. The van der Waals surface area contributed by atoms with E-state index in [4.69, 9.17) is 16.3 Å². The van der Waals surface area contributed by atoms with E-state index < -0.39 is 4.92 Å². The number of ether oxygens (including phenoxy) is 1. The summed E-state index contributed by atoms with van der Waals surface area (Å²) in [5, 5.41) is 11.1. The molecular weight excluding hydrogens is 322 g/mol. The third-order valence-electron chi connectivity index (χ3n) is 3.45. The number of aromatic nitrogens is 1. The zero-order valence-corrected chi connectivity index (χ0v) is 12.6. The van der Waals surface area contributed by atoms with Gasteiger partial charge in [-0.3, -0.25) is 14.9 Å². The lowest BCUT2D eigenvalue weighted by molar-refractivity contribution is -0.384. The molecule has 1 amide bonds. The van der Waals surface area contributed by atoms with Gasteiger partial charge in [0.15, 0.2) is 0 Å². The highest BCUT2D eigenvalue weighted by atomic mass is 35.5. The van der Waals surface area contributed by atoms with Gasteiger partial charge in [-0.2, -0.15) is 0 Å². The maximum Gasteiger partial charge on any atom is 0.269 e. The van der Waals surface area contributed by atoms with Crippen LogP contribution in [-0.2, 0) is 0 Å². The van der Waals surface area contributed by atoms with Crippen LogP contribution in [0.3, 0.4) is 0 Å². The fourth-order valence-electron chi connectivity index (χ4n) is 2.19. The molecule has 0 saturated carbocycles. The summed E-state index contributed by atoms with van der Waals surface area (Å²) in [6.45, 7) is 0.889. The third kappa shape index (κ3) is 3.40. The van der Waals surface area contributed by atoms with Gasteiger partial charge in [-0.1, -0.05) is 11.6 Å². The number of rotatable bonds is 4. The average molecular weight is 334 g/mol. The van der Waals surface area contributed by atoms with Crippen molar-refractivity contribution in [1.29, 1.82) is 0 Å². The molecule has 23 heavy (non-hydrogen) atoms. The first-order valence-electron chi connectivity index (χ1n) is 6.85. The molecule has 1 fully saturated rings. The minimum atomic E-state index is -0.499. The largest absolute Gasteiger partial charge is 0.471 e. The second-order valence-electron chi connectivity index (χ2n) is 5.07. The SMILES string of the molecule is O=C(c1ccc([N+](=O)[O-])cc1)N1CC(Oc2ccc(Cl)cn2)C1. The molecule has 0 aliphatic carbocycles. The summed E-state index contributed by atoms with van der Waals surface area (Å²) in [4.78, 5) is 28.0. The number of pyridine rings is 1. The number of benzene rings is 1. The van der Waals surface area contributed by atoms with E-state index in [1.165, 1.54) is 30.5 Å². The number of carbonyl (C=O) groups excluding carboxylic acids is 1. The van der Waals surface area contributed by atoms with Crippen molar-refractivity contribution < 1.29 is 14.5 Å². The number of halogens is 1. The molecule has 0 bridgehead atoms. The Morgan fingerprint density at radius 1 is 1.26 bits per heavy atom. The first kappa shape index (κ1) is 15.2. The van der Waals surface area contributed by atoms with Gasteiger partial charge in [0.25, 0.3) is 11.6 Å². The van der Waals surface area contributed by atoms with E-state index in [0.29, 0.717) is 29.6 Å². The number of nitro benzene ring substituents is 1. The molecule has 2 aromatic rings. The van der Waals surface area contributed by atoms with Gasteiger partial charge < -0.3 is 9.64 Å². The van der Waals surface area contributed by atoms with E-state index >= 15 is 0 Å². The van der Waals surface area contributed by atoms with E-state index in [0.717, 1.165) is 0 Å². The van der Waals surface area contributed by atoms with Crippen LogP contribution in [0.15, 0.2) is 42.6 Å². The minimum Gasteiger partial charge on any atom is -0.471 e. The summed E-state index contributed by atoms with van der Waals surface area (Å²) >= 11 is 5.75. The predicted octanol–water partition coefficient (Wildman–Crippen LogP) is 2.55. The number of nitro groups is 1. The van der Waals surface area contributed by atoms with Crippen molar-refractivity contribution in [3.05, 3.63) is 63.3 Å². The van der Waals surface area contributed by atoms with E-state index in [-0.39, 0.29) is 17.7 Å². The van der Waals surface area contributed by atoms with E-state index in [1.54, 1.807) is 17.0 Å². The summed E-state index contributed by atoms with van der Waals surface area (Å²) in [5.41, 5.74) is 0.374. The van der Waals surface area contributed by atoms with Gasteiger partial charge in [-0.15, -0.1) is 0 Å². The maximum absolute atomic E-state index is 12.2. The van der Waals surface area contributed by atoms with Gasteiger partial charge in [0.1, 0.15) is 6.10 Å². The summed E-state index contributed by atoms with van der Waals surface area (Å²) in [7, 11) is 0. The van der Waals surface area contributed by atoms with Crippen molar-refractivity contribution >= 4 is 23.2 Å². The number of carbonyl (C=O) groups is 1. The lowest BCUT2D eigenvalue weighted by atomic mass is 10.1. The molecule has 1 aromatic heterocycles. The van der Waals surface area contributed by atoms with Crippen LogP contribution in [0.1, 0.15) is 10.4 Å². The molecule has 8 heteroatoms. The van der Waals surface area contributed by atoms with Crippen molar-refractivity contribution in [2.24, 2.45) is 0 Å². The van der Waals surface area contributed by atoms with Gasteiger partial charge in [-0.05, 0) is 18.2 Å². The normalized spacial score (nSPS) is 14.2. The molecular formula is C15H12ClN3O4. The monoisotopic (exact) mass is 333 g/mol. The van der Waals surface area contributed by atoms with Crippen LogP contribution in [0.5, 0.6) is 5.88 Å². The second-order valence-corrected chi connectivity index (χ2v) is 5.51. The number of nitrogens with zero attached hydrogens (tertiary/aromatic N) is 3. The highest BCUT2D eigenvalue weighted by molar-refractivity contribution is 6.30. The highest BCUT2D eigenvalue weighted by Gasteiger charge is 2.33. The fourth-order valence-corrected chi connectivity index (χ4v) is 2.30. The van der Waals surface area contributed by atoms with Crippen LogP contribution < -0.4 is 4.74 Å². The maximum atomic E-state index is 12.2. The number of likely N-dealkylation sites (tertiary alicyclic amines) is 1. The molecule has 0 atom stereocenters. The van der Waals surface area contributed by atoms with Gasteiger partial charge in [-0.25, -0.2) is 4.98 Å². The lowest BCUT2D eigenvalue weighted by Gasteiger charge is -2.38. The number of hydrogen-bond acceptors (Lipinski definition) is 5. The van der Waals surface area contributed by atoms with Crippen LogP contribution in [-0.4, -0.2) is 39.9 Å². The third-order valence-corrected chi connectivity index (χ3v) is 3.67. The smallest absolute Gasteiger partial charge is 0.269 e. The molecule has 1 aliphatic heterocycles. The Bertz CT molecular complexity index is 727. The molecule has 1 aliphatic rings. The van der Waals surface area contributed by atoms with Crippen LogP contribution in [0.2, 0.25) is 5.02 Å². The van der Waals surface area contributed by atoms with Gasteiger partial charge in [0, 0.05) is 30.0 Å². The Morgan fingerprint density at radius 3 is 2.52 bits per heavy atom. The minimum absolute atomic E-state index is 0.0415. The average Bonchev–Trinajstić information content (AvgIpc) is 2.52. The van der Waals surface area contributed by atoms with Crippen LogP contribution in [0.25, 0.3) is 0 Å². The summed E-state index contributed by atoms with van der Waals surface area (Å²) in [6.07, 6.45) is 1.38. The molecule has 3 rings (SSSR count). The number of amides is 1. The van der Waals surface area contributed by atoms with Gasteiger partial charge in [0.05, 0.1) is 23.0 Å². The summed E-state index contributed by atoms with van der Waals surface area (Å²) in [5.74, 6) is 0.283. The molecule has 0 radical (unpaired) electrons. The first-order chi connectivity index (χ1) is 11.0. The Hall–Kier alpha value is -2.67. The molecule has 118 valence electrons. The van der Waals surface area contributed by atoms with Crippen molar-refractivity contribution in [1.82, 2.24) is 9.88 Å². The molecule has 0 spiro atoms. The summed E-state index contributed by atoms with van der Waals surface area (Å²) < 4.78 is 5.62. The summed E-state index contributed by atoms with van der Waals surface area (Å²) in [6, 6.07) is 8.90. The van der Waals surface area contributed by atoms with E-state index in [1.807, 2.05) is 0 Å². The molecule has 0 N–H and O–H groups in total. The molecule has 2 heterocycles. The van der Waals surface area contributed by atoms with Crippen LogP contribution in [0, 0.1) is 10.1 Å². The molecule has 7 nitrogen and oxygen atoms in total. The van der Waals surface area contributed by atoms with Gasteiger partial charge >= 0.3 is 0 Å². The molecule has 1 saturated heterocycles. The molecule has 1 aromatic carbocycles. The fraction of sp³-hybridized carbons (Fsp3) is 0.200. The number of hydrogen-bond donors (Lipinski definition) is 0. The topological polar surface area (TPSA) is 85.6 Å². The van der Waals surface area contributed by atoms with Crippen molar-refractivity contribution in [2.45, 2.75) is 6.10 Å². The van der Waals surface area contributed by atoms with E-state index in [9.17, 15) is 14.9 Å². The highest BCUT2D eigenvalue weighted by Crippen LogP contribution is 2.20. The Balaban J connectivity index is 1.55. The van der Waals surface area contributed by atoms with Crippen LogP contribution in [0.4, 0.5) is 5.69 Å². The van der Waals surface area contributed by atoms with E-state index in [2.05, 4.69) is 4.98 Å². The second kappa shape index (κ2) is 6.21. The number of non-ortho nitro benzene ring substituents is 1. The lowest BCUT2D eigenvalue weighted by Crippen LogP contribution is -2.56. The van der Waals surface area contributed by atoms with Crippen molar-refractivity contribution in [2.75, 3.05) is 13.1 Å². The zero-order valence-electron chi connectivity index (χ0n) is 11.9.